The second kappa shape index (κ2) is 8.12. The molecule has 0 amide bonds. The Balaban J connectivity index is 1.55. The lowest BCUT2D eigenvalue weighted by Crippen LogP contribution is -2.21. The molecule has 0 saturated heterocycles. The molecule has 0 bridgehead atoms. The van der Waals surface area contributed by atoms with E-state index in [4.69, 9.17) is 15.0 Å². The second-order valence-electron chi connectivity index (χ2n) is 8.36. The van der Waals surface area contributed by atoms with E-state index in [9.17, 15) is 4.79 Å². The summed E-state index contributed by atoms with van der Waals surface area (Å²) in [6.07, 6.45) is 0.550. The van der Waals surface area contributed by atoms with Crippen LogP contribution in [0.25, 0.3) is 28.3 Å². The number of imidazole rings is 1. The number of H-pyrrole nitrogens is 1. The molecular weight excluding hydrogens is 424 g/mol. The molecule has 0 aliphatic carbocycles. The van der Waals surface area contributed by atoms with Crippen molar-refractivity contribution >= 4 is 22.3 Å². The fourth-order valence-electron chi connectivity index (χ4n) is 4.30. The van der Waals surface area contributed by atoms with Gasteiger partial charge in [-0.1, -0.05) is 72.8 Å². The Morgan fingerprint density at radius 1 is 0.765 bits per heavy atom. The van der Waals surface area contributed by atoms with Crippen LogP contribution < -0.4 is 5.56 Å². The molecule has 7 nitrogen and oxygen atoms in total. The van der Waals surface area contributed by atoms with Crippen molar-refractivity contribution in [2.75, 3.05) is 0 Å². The van der Waals surface area contributed by atoms with Gasteiger partial charge in [-0.05, 0) is 30.2 Å². The van der Waals surface area contributed by atoms with Crippen molar-refractivity contribution in [2.45, 2.75) is 19.9 Å². The highest BCUT2D eigenvalue weighted by atomic mass is 16.1. The van der Waals surface area contributed by atoms with E-state index in [1.54, 1.807) is 0 Å². The summed E-state index contributed by atoms with van der Waals surface area (Å²) in [4.78, 5) is 27.9. The van der Waals surface area contributed by atoms with Gasteiger partial charge >= 0.3 is 0 Å². The minimum absolute atomic E-state index is 0.115. The van der Waals surface area contributed by atoms with E-state index in [-0.39, 0.29) is 5.56 Å². The van der Waals surface area contributed by atoms with Gasteiger partial charge in [-0.25, -0.2) is 9.97 Å². The van der Waals surface area contributed by atoms with Crippen LogP contribution in [0.1, 0.15) is 22.4 Å². The molecule has 3 aromatic heterocycles. The molecule has 3 heterocycles. The smallest absolute Gasteiger partial charge is 0.277 e. The summed E-state index contributed by atoms with van der Waals surface area (Å²) < 4.78 is 3.47. The first kappa shape index (κ1) is 20.1. The predicted octanol–water partition coefficient (Wildman–Crippen LogP) is 4.41. The topological polar surface area (TPSA) is 81.4 Å². The van der Waals surface area contributed by atoms with Gasteiger partial charge in [0.25, 0.3) is 5.56 Å². The largest absolute Gasteiger partial charge is 0.292 e. The fourth-order valence-corrected chi connectivity index (χ4v) is 4.30. The maximum atomic E-state index is 13.5. The van der Waals surface area contributed by atoms with E-state index in [0.717, 1.165) is 33.4 Å². The van der Waals surface area contributed by atoms with E-state index in [0.29, 0.717) is 30.2 Å². The number of hydrogen-bond acceptors (Lipinski definition) is 4. The normalized spacial score (nSPS) is 11.4. The van der Waals surface area contributed by atoms with Crippen LogP contribution in [0.4, 0.5) is 0 Å². The highest BCUT2D eigenvalue weighted by molar-refractivity contribution is 5.83. The van der Waals surface area contributed by atoms with E-state index >= 15 is 0 Å². The van der Waals surface area contributed by atoms with Gasteiger partial charge in [-0.2, -0.15) is 9.67 Å². The Morgan fingerprint density at radius 2 is 1.38 bits per heavy atom. The Labute approximate surface area is 195 Å². The summed E-state index contributed by atoms with van der Waals surface area (Å²) in [5.74, 6) is 0.474. The number of aromatic amines is 1. The number of benzene rings is 3. The minimum atomic E-state index is -0.115. The zero-order valence-electron chi connectivity index (χ0n) is 18.6. The zero-order chi connectivity index (χ0) is 23.1. The van der Waals surface area contributed by atoms with Gasteiger partial charge in [0.05, 0.1) is 17.6 Å². The van der Waals surface area contributed by atoms with E-state index in [2.05, 4.69) is 5.10 Å². The second-order valence-corrected chi connectivity index (χ2v) is 8.36. The lowest BCUT2D eigenvalue weighted by atomic mass is 10.1. The first-order valence-corrected chi connectivity index (χ1v) is 11.2. The first-order chi connectivity index (χ1) is 16.7. The third kappa shape index (κ3) is 3.47. The number of aryl methyl sites for hydroxylation is 1. The van der Waals surface area contributed by atoms with Gasteiger partial charge in [-0.15, -0.1) is 0 Å². The maximum absolute atomic E-state index is 13.5. The molecule has 0 saturated carbocycles. The van der Waals surface area contributed by atoms with Crippen LogP contribution in [-0.4, -0.2) is 29.3 Å². The van der Waals surface area contributed by atoms with Crippen LogP contribution in [0.3, 0.4) is 0 Å². The Bertz CT molecular complexity index is 1680. The van der Waals surface area contributed by atoms with Gasteiger partial charge < -0.3 is 0 Å². The van der Waals surface area contributed by atoms with Crippen molar-refractivity contribution in [1.82, 2.24) is 29.3 Å². The molecule has 0 fully saturated rings. The molecular formula is C27H22N6O. The highest BCUT2D eigenvalue weighted by Gasteiger charge is 2.21. The molecule has 166 valence electrons. The molecule has 6 aromatic rings. The summed E-state index contributed by atoms with van der Waals surface area (Å²) in [5, 5.41) is 3.24. The average molecular weight is 447 g/mol. The molecule has 7 heteroatoms. The average Bonchev–Trinajstić information content (AvgIpc) is 3.35. The van der Waals surface area contributed by atoms with Crippen molar-refractivity contribution in [2.24, 2.45) is 0 Å². The van der Waals surface area contributed by atoms with E-state index in [1.807, 2.05) is 96.4 Å². The van der Waals surface area contributed by atoms with Crippen molar-refractivity contribution in [3.63, 3.8) is 0 Å². The van der Waals surface area contributed by atoms with E-state index in [1.165, 1.54) is 4.68 Å². The monoisotopic (exact) mass is 446 g/mol. The van der Waals surface area contributed by atoms with Gasteiger partial charge in [0.15, 0.2) is 11.3 Å². The molecule has 0 atom stereocenters. The summed E-state index contributed by atoms with van der Waals surface area (Å²) in [5.41, 5.74) is 6.29. The van der Waals surface area contributed by atoms with E-state index < -0.39 is 0 Å². The van der Waals surface area contributed by atoms with Crippen LogP contribution in [0.2, 0.25) is 0 Å². The standard InChI is InChI=1S/C27H22N6O/c1-18-21(16-19-10-4-2-5-11-19)26(34)33(31-18)27-30-24-25(29-23-15-9-8-14-22(23)28-24)32(27)17-20-12-6-3-7-13-20/h2-15,31H,16-17H2,1H3. The van der Waals surface area contributed by atoms with Crippen LogP contribution in [0.15, 0.2) is 89.7 Å². The number of rotatable bonds is 5. The van der Waals surface area contributed by atoms with Crippen molar-refractivity contribution < 1.29 is 0 Å². The lowest BCUT2D eigenvalue weighted by Gasteiger charge is -2.09. The SMILES string of the molecule is Cc1[nH]n(-c2nc3nc4ccccc4nc3n2Cc2ccccc2)c(=O)c1Cc1ccccc1. The highest BCUT2D eigenvalue weighted by Crippen LogP contribution is 2.21. The third-order valence-electron chi connectivity index (χ3n) is 6.04. The third-order valence-corrected chi connectivity index (χ3v) is 6.04. The van der Waals surface area contributed by atoms with Crippen molar-refractivity contribution in [3.8, 4) is 5.95 Å². The molecule has 0 aliphatic heterocycles. The van der Waals surface area contributed by atoms with Crippen molar-refractivity contribution in [1.29, 1.82) is 0 Å². The number of nitrogens with one attached hydrogen (secondary N) is 1. The van der Waals surface area contributed by atoms with Crippen LogP contribution in [0, 0.1) is 6.92 Å². The maximum Gasteiger partial charge on any atom is 0.277 e. The van der Waals surface area contributed by atoms with Gasteiger partial charge in [0.1, 0.15) is 0 Å². The quantitative estimate of drug-likeness (QED) is 0.425. The van der Waals surface area contributed by atoms with Crippen LogP contribution in [-0.2, 0) is 13.0 Å². The van der Waals surface area contributed by atoms with Crippen LogP contribution >= 0.6 is 0 Å². The molecule has 0 spiro atoms. The molecule has 3 aromatic carbocycles. The lowest BCUT2D eigenvalue weighted by molar-refractivity contribution is 0.698. The van der Waals surface area contributed by atoms with Gasteiger partial charge in [0.2, 0.25) is 5.95 Å². The van der Waals surface area contributed by atoms with Gasteiger partial charge in [0, 0.05) is 17.7 Å². The summed E-state index contributed by atoms with van der Waals surface area (Å²) >= 11 is 0. The number of para-hydroxylation sites is 2. The molecule has 6 rings (SSSR count). The fraction of sp³-hybridized carbons (Fsp3) is 0.111. The minimum Gasteiger partial charge on any atom is -0.292 e. The predicted molar refractivity (Wildman–Crippen MR) is 132 cm³/mol. The molecule has 0 aliphatic rings. The first-order valence-electron chi connectivity index (χ1n) is 11.2. The number of nitrogens with zero attached hydrogens (tertiary/aromatic N) is 5. The Hall–Kier alpha value is -4.52. The Kier molecular flexibility index (Phi) is 4.80. The number of fused-ring (bicyclic) bond motifs is 2. The molecule has 34 heavy (non-hydrogen) atoms. The number of hydrogen-bond donors (Lipinski definition) is 1. The summed E-state index contributed by atoms with van der Waals surface area (Å²) in [7, 11) is 0. The summed E-state index contributed by atoms with van der Waals surface area (Å²) in [6, 6.07) is 27.8. The number of aromatic nitrogens is 6. The zero-order valence-corrected chi connectivity index (χ0v) is 18.6. The summed E-state index contributed by atoms with van der Waals surface area (Å²) in [6.45, 7) is 2.43. The van der Waals surface area contributed by atoms with Crippen LogP contribution in [0.5, 0.6) is 0 Å². The Morgan fingerprint density at radius 3 is 2.09 bits per heavy atom. The van der Waals surface area contributed by atoms with Gasteiger partial charge in [-0.3, -0.25) is 14.5 Å². The molecule has 0 unspecified atom stereocenters. The molecule has 1 N–H and O–H groups in total. The van der Waals surface area contributed by atoms with Crippen molar-refractivity contribution in [3.05, 3.63) is 118 Å². The molecule has 0 radical (unpaired) electrons.